The highest BCUT2D eigenvalue weighted by Gasteiger charge is 2.21. The summed E-state index contributed by atoms with van der Waals surface area (Å²) in [7, 11) is 0. The molecule has 1 unspecified atom stereocenters. The van der Waals surface area contributed by atoms with Crippen molar-refractivity contribution in [3.8, 4) is 0 Å². The fraction of sp³-hybridized carbons (Fsp3) is 0.615. The van der Waals surface area contributed by atoms with Gasteiger partial charge < -0.3 is 10.6 Å². The fourth-order valence-electron chi connectivity index (χ4n) is 2.08. The summed E-state index contributed by atoms with van der Waals surface area (Å²) < 4.78 is 0. The van der Waals surface area contributed by atoms with Crippen LogP contribution in [0.1, 0.15) is 23.8 Å². The second kappa shape index (κ2) is 6.59. The van der Waals surface area contributed by atoms with E-state index < -0.39 is 0 Å². The molecule has 100 valence electrons. The molecular weight excluding hydrogens is 264 g/mol. The Labute approximate surface area is 117 Å². The molecule has 2 N–H and O–H groups in total. The Morgan fingerprint density at radius 3 is 3.28 bits per heavy atom. The summed E-state index contributed by atoms with van der Waals surface area (Å²) in [6, 6.07) is 2.14. The van der Waals surface area contributed by atoms with Gasteiger partial charge in [0.1, 0.15) is 0 Å². The molecule has 5 heteroatoms. The van der Waals surface area contributed by atoms with E-state index in [0.29, 0.717) is 17.5 Å². The van der Waals surface area contributed by atoms with Gasteiger partial charge in [0, 0.05) is 23.2 Å². The molecule has 2 rings (SSSR count). The van der Waals surface area contributed by atoms with E-state index in [1.165, 1.54) is 10.4 Å². The average Bonchev–Trinajstić information content (AvgIpc) is 2.83. The van der Waals surface area contributed by atoms with Crippen LogP contribution < -0.4 is 5.73 Å². The van der Waals surface area contributed by atoms with E-state index in [1.54, 1.807) is 23.1 Å². The minimum Gasteiger partial charge on any atom is -0.337 e. The first-order valence-electron chi connectivity index (χ1n) is 6.35. The number of amides is 1. The zero-order valence-corrected chi connectivity index (χ0v) is 12.4. The molecule has 1 atom stereocenters. The summed E-state index contributed by atoms with van der Waals surface area (Å²) in [6.07, 6.45) is 1.99. The van der Waals surface area contributed by atoms with Gasteiger partial charge >= 0.3 is 0 Å². The molecular formula is C13H20N2OS2. The van der Waals surface area contributed by atoms with Crippen molar-refractivity contribution in [1.82, 2.24) is 4.90 Å². The number of hydrogen-bond donors (Lipinski definition) is 1. The monoisotopic (exact) mass is 284 g/mol. The van der Waals surface area contributed by atoms with Gasteiger partial charge in [0.2, 0.25) is 5.91 Å². The van der Waals surface area contributed by atoms with Crippen LogP contribution in [0.3, 0.4) is 0 Å². The topological polar surface area (TPSA) is 46.3 Å². The number of carbonyl (C=O) groups excluding carboxylic acids is 1. The quantitative estimate of drug-likeness (QED) is 0.901. The normalized spacial score (nSPS) is 16.4. The molecule has 1 amide bonds. The van der Waals surface area contributed by atoms with Gasteiger partial charge in [-0.05, 0) is 36.4 Å². The number of carbonyl (C=O) groups is 1. The van der Waals surface area contributed by atoms with Crippen molar-refractivity contribution in [2.45, 2.75) is 31.6 Å². The Kier molecular flexibility index (Phi) is 5.09. The molecule has 2 heterocycles. The molecule has 1 aliphatic rings. The Bertz CT molecular complexity index is 405. The van der Waals surface area contributed by atoms with Gasteiger partial charge in [-0.25, -0.2) is 0 Å². The summed E-state index contributed by atoms with van der Waals surface area (Å²) >= 11 is 3.52. The maximum absolute atomic E-state index is 12.1. The van der Waals surface area contributed by atoms with Crippen LogP contribution in [0.5, 0.6) is 0 Å². The van der Waals surface area contributed by atoms with E-state index in [1.807, 2.05) is 4.90 Å². The highest BCUT2D eigenvalue weighted by Crippen LogP contribution is 2.24. The molecule has 1 aromatic heterocycles. The summed E-state index contributed by atoms with van der Waals surface area (Å²) in [5.74, 6) is 0.849. The van der Waals surface area contributed by atoms with Gasteiger partial charge in [-0.2, -0.15) is 0 Å². The summed E-state index contributed by atoms with van der Waals surface area (Å²) in [6.45, 7) is 4.50. The Balaban J connectivity index is 1.80. The number of thioether (sulfide) groups is 1. The molecule has 0 aromatic carbocycles. The first-order valence-corrected chi connectivity index (χ1v) is 8.28. The molecule has 18 heavy (non-hydrogen) atoms. The number of rotatable bonds is 5. The van der Waals surface area contributed by atoms with E-state index in [0.717, 1.165) is 25.9 Å². The number of nitrogens with zero attached hydrogens (tertiary/aromatic N) is 1. The SMILES string of the molecule is CC(CCN)SCC(=O)N1CCc2sccc2C1. The summed E-state index contributed by atoms with van der Waals surface area (Å²) in [5, 5.41) is 2.59. The van der Waals surface area contributed by atoms with Crippen LogP contribution in [0.2, 0.25) is 0 Å². The van der Waals surface area contributed by atoms with Gasteiger partial charge in [0.15, 0.2) is 0 Å². The second-order valence-corrected chi connectivity index (χ2v) is 7.06. The van der Waals surface area contributed by atoms with Crippen LogP contribution in [-0.2, 0) is 17.8 Å². The summed E-state index contributed by atoms with van der Waals surface area (Å²) in [4.78, 5) is 15.5. The molecule has 3 nitrogen and oxygen atoms in total. The highest BCUT2D eigenvalue weighted by molar-refractivity contribution is 8.00. The maximum atomic E-state index is 12.1. The zero-order valence-electron chi connectivity index (χ0n) is 10.7. The van der Waals surface area contributed by atoms with Crippen LogP contribution in [-0.4, -0.2) is 34.9 Å². The molecule has 0 spiro atoms. The standard InChI is InChI=1S/C13H20N2OS2/c1-10(2-5-14)18-9-13(16)15-6-3-12-11(8-15)4-7-17-12/h4,7,10H,2-3,5-6,8-9,14H2,1H3. The molecule has 0 bridgehead atoms. The molecule has 0 radical (unpaired) electrons. The van der Waals surface area contributed by atoms with Gasteiger partial charge in [-0.3, -0.25) is 4.79 Å². The Hall–Kier alpha value is -0.520. The number of thiophene rings is 1. The maximum Gasteiger partial charge on any atom is 0.232 e. The van der Waals surface area contributed by atoms with E-state index in [-0.39, 0.29) is 5.91 Å². The second-order valence-electron chi connectivity index (χ2n) is 4.63. The molecule has 0 saturated heterocycles. The van der Waals surface area contributed by atoms with Crippen molar-refractivity contribution in [3.05, 3.63) is 21.9 Å². The predicted octanol–water partition coefficient (Wildman–Crippen LogP) is 2.10. The first kappa shape index (κ1) is 13.9. The number of nitrogens with two attached hydrogens (primary N) is 1. The minimum absolute atomic E-state index is 0.265. The van der Waals surface area contributed by atoms with Gasteiger partial charge in [-0.15, -0.1) is 23.1 Å². The van der Waals surface area contributed by atoms with E-state index in [9.17, 15) is 4.79 Å². The number of hydrogen-bond acceptors (Lipinski definition) is 4. The van der Waals surface area contributed by atoms with Crippen LogP contribution in [0, 0.1) is 0 Å². The average molecular weight is 284 g/mol. The third-order valence-corrected chi connectivity index (χ3v) is 5.47. The third kappa shape index (κ3) is 3.49. The van der Waals surface area contributed by atoms with Crippen molar-refractivity contribution in [3.63, 3.8) is 0 Å². The predicted molar refractivity (Wildman–Crippen MR) is 79.0 cm³/mol. The molecule has 1 aromatic rings. The lowest BCUT2D eigenvalue weighted by molar-refractivity contribution is -0.129. The fourth-order valence-corrected chi connectivity index (χ4v) is 3.89. The minimum atomic E-state index is 0.265. The van der Waals surface area contributed by atoms with Crippen molar-refractivity contribution in [2.75, 3.05) is 18.8 Å². The molecule has 0 aliphatic carbocycles. The Morgan fingerprint density at radius 2 is 2.50 bits per heavy atom. The molecule has 0 saturated carbocycles. The van der Waals surface area contributed by atoms with E-state index in [4.69, 9.17) is 5.73 Å². The lowest BCUT2D eigenvalue weighted by atomic mass is 10.1. The Morgan fingerprint density at radius 1 is 1.67 bits per heavy atom. The highest BCUT2D eigenvalue weighted by atomic mass is 32.2. The van der Waals surface area contributed by atoms with Crippen LogP contribution in [0.4, 0.5) is 0 Å². The smallest absolute Gasteiger partial charge is 0.232 e. The first-order chi connectivity index (χ1) is 8.70. The van der Waals surface area contributed by atoms with E-state index >= 15 is 0 Å². The van der Waals surface area contributed by atoms with Gasteiger partial charge in [0.05, 0.1) is 5.75 Å². The van der Waals surface area contributed by atoms with Crippen LogP contribution >= 0.6 is 23.1 Å². The lowest BCUT2D eigenvalue weighted by Gasteiger charge is -2.27. The van der Waals surface area contributed by atoms with Gasteiger partial charge in [-0.1, -0.05) is 6.92 Å². The van der Waals surface area contributed by atoms with Crippen molar-refractivity contribution >= 4 is 29.0 Å². The number of fused-ring (bicyclic) bond motifs is 1. The van der Waals surface area contributed by atoms with Crippen molar-refractivity contribution < 1.29 is 4.79 Å². The third-order valence-electron chi connectivity index (χ3n) is 3.22. The van der Waals surface area contributed by atoms with E-state index in [2.05, 4.69) is 18.4 Å². The van der Waals surface area contributed by atoms with Gasteiger partial charge in [0.25, 0.3) is 0 Å². The zero-order chi connectivity index (χ0) is 13.0. The molecule has 1 aliphatic heterocycles. The largest absolute Gasteiger partial charge is 0.337 e. The van der Waals surface area contributed by atoms with Crippen molar-refractivity contribution in [1.29, 1.82) is 0 Å². The summed E-state index contributed by atoms with van der Waals surface area (Å²) in [5.41, 5.74) is 6.85. The van der Waals surface area contributed by atoms with Crippen LogP contribution in [0.15, 0.2) is 11.4 Å². The molecule has 0 fully saturated rings. The van der Waals surface area contributed by atoms with Crippen molar-refractivity contribution in [2.24, 2.45) is 5.73 Å². The van der Waals surface area contributed by atoms with Crippen LogP contribution in [0.25, 0.3) is 0 Å². The lowest BCUT2D eigenvalue weighted by Crippen LogP contribution is -2.36.